The van der Waals surface area contributed by atoms with Crippen LogP contribution in [0.4, 0.5) is 19.0 Å². The van der Waals surface area contributed by atoms with Gasteiger partial charge in [-0.15, -0.1) is 5.10 Å². The number of alkyl halides is 3. The summed E-state index contributed by atoms with van der Waals surface area (Å²) in [6.45, 7) is 0. The Bertz CT molecular complexity index is 1010. The highest BCUT2D eigenvalue weighted by Crippen LogP contribution is 2.37. The fourth-order valence-corrected chi connectivity index (χ4v) is 3.64. The number of hydrogen-bond donors (Lipinski definition) is 2. The van der Waals surface area contributed by atoms with E-state index in [0.717, 1.165) is 44.0 Å². The molecular weight excluding hydrogens is 387 g/mol. The van der Waals surface area contributed by atoms with Crippen LogP contribution < -0.4 is 15.8 Å². The first-order valence-corrected chi connectivity index (χ1v) is 9.24. The molecule has 0 atom stereocenters. The average Bonchev–Trinajstić information content (AvgIpc) is 3.07. The number of nitrogens with one attached hydrogen (secondary N) is 1. The molecule has 0 unspecified atom stereocenters. The van der Waals surface area contributed by atoms with Crippen LogP contribution in [0.25, 0.3) is 11.0 Å². The Labute approximate surface area is 164 Å². The summed E-state index contributed by atoms with van der Waals surface area (Å²) in [7, 11) is 1.94. The predicted molar refractivity (Wildman–Crippen MR) is 99.4 cm³/mol. The highest BCUT2D eigenvalue weighted by atomic mass is 19.4. The van der Waals surface area contributed by atoms with Gasteiger partial charge >= 0.3 is 6.18 Å². The van der Waals surface area contributed by atoms with E-state index in [9.17, 15) is 13.2 Å². The third kappa shape index (κ3) is 3.82. The Kier molecular flexibility index (Phi) is 4.99. The van der Waals surface area contributed by atoms with E-state index in [1.165, 1.54) is 6.33 Å². The number of ether oxygens (including phenoxy) is 1. The molecule has 154 valence electrons. The molecule has 8 nitrogen and oxygen atoms in total. The minimum absolute atomic E-state index is 0.0423. The van der Waals surface area contributed by atoms with E-state index >= 15 is 0 Å². The third-order valence-corrected chi connectivity index (χ3v) is 5.20. The molecule has 0 aliphatic heterocycles. The van der Waals surface area contributed by atoms with E-state index in [2.05, 4.69) is 25.4 Å². The minimum atomic E-state index is -4.50. The monoisotopic (exact) mass is 407 g/mol. The maximum Gasteiger partial charge on any atom is 0.416 e. The molecule has 11 heteroatoms. The van der Waals surface area contributed by atoms with Gasteiger partial charge < -0.3 is 15.8 Å². The van der Waals surface area contributed by atoms with Crippen molar-refractivity contribution in [3.63, 3.8) is 0 Å². The van der Waals surface area contributed by atoms with E-state index in [-0.39, 0.29) is 23.6 Å². The molecular formula is C18H20F3N7O. The van der Waals surface area contributed by atoms with Crippen molar-refractivity contribution in [2.24, 2.45) is 0 Å². The summed E-state index contributed by atoms with van der Waals surface area (Å²) < 4.78 is 46.3. The van der Waals surface area contributed by atoms with Crippen LogP contribution in [0, 0.1) is 0 Å². The van der Waals surface area contributed by atoms with E-state index in [1.807, 2.05) is 7.05 Å². The van der Waals surface area contributed by atoms with Gasteiger partial charge in [-0.05, 0) is 38.8 Å². The van der Waals surface area contributed by atoms with Crippen LogP contribution in [0.15, 0.2) is 24.7 Å². The first-order valence-electron chi connectivity index (χ1n) is 9.24. The standard InChI is InChI=1S/C18H20F3N7O/c1-23-11-2-4-12(5-3-11)28-16-14(15(22)25-9-26-16)17(27-28)29-13-8-10(6-7-24-13)18(19,20)21/h6-9,11-12,23H,2-5H2,1H3,(H2,22,25,26). The Morgan fingerprint density at radius 2 is 1.93 bits per heavy atom. The lowest BCUT2D eigenvalue weighted by Crippen LogP contribution is -2.31. The highest BCUT2D eigenvalue weighted by molar-refractivity contribution is 5.90. The van der Waals surface area contributed by atoms with Gasteiger partial charge in [-0.25, -0.2) is 19.6 Å². The molecule has 0 aromatic carbocycles. The highest BCUT2D eigenvalue weighted by Gasteiger charge is 2.31. The Morgan fingerprint density at radius 3 is 2.62 bits per heavy atom. The zero-order valence-electron chi connectivity index (χ0n) is 15.6. The van der Waals surface area contributed by atoms with Crippen molar-refractivity contribution in [1.82, 2.24) is 30.0 Å². The number of nitrogens with two attached hydrogens (primary N) is 1. The van der Waals surface area contributed by atoms with Crippen molar-refractivity contribution in [3.8, 4) is 11.8 Å². The van der Waals surface area contributed by atoms with Gasteiger partial charge in [0.2, 0.25) is 5.88 Å². The molecule has 1 saturated carbocycles. The summed E-state index contributed by atoms with van der Waals surface area (Å²) in [4.78, 5) is 12.1. The van der Waals surface area contributed by atoms with Crippen molar-refractivity contribution in [2.75, 3.05) is 12.8 Å². The van der Waals surface area contributed by atoms with Crippen LogP contribution in [-0.4, -0.2) is 37.8 Å². The van der Waals surface area contributed by atoms with Gasteiger partial charge in [0, 0.05) is 18.3 Å². The lowest BCUT2D eigenvalue weighted by molar-refractivity contribution is -0.137. The first kappa shape index (κ1) is 19.4. The second-order valence-corrected chi connectivity index (χ2v) is 6.98. The third-order valence-electron chi connectivity index (χ3n) is 5.20. The molecule has 0 radical (unpaired) electrons. The summed E-state index contributed by atoms with van der Waals surface area (Å²) in [5, 5.41) is 8.12. The van der Waals surface area contributed by atoms with E-state index < -0.39 is 11.7 Å². The van der Waals surface area contributed by atoms with Crippen molar-refractivity contribution in [2.45, 2.75) is 43.9 Å². The number of aromatic nitrogens is 5. The fraction of sp³-hybridized carbons (Fsp3) is 0.444. The average molecular weight is 407 g/mol. The number of nitrogens with zero attached hydrogens (tertiary/aromatic N) is 5. The number of nitrogen functional groups attached to an aromatic ring is 1. The first-order chi connectivity index (χ1) is 13.9. The van der Waals surface area contributed by atoms with Gasteiger partial charge in [-0.1, -0.05) is 0 Å². The maximum atomic E-state index is 13.0. The lowest BCUT2D eigenvalue weighted by Gasteiger charge is -2.28. The largest absolute Gasteiger partial charge is 0.418 e. The molecule has 3 heterocycles. The van der Waals surface area contributed by atoms with Crippen molar-refractivity contribution < 1.29 is 17.9 Å². The van der Waals surface area contributed by atoms with E-state index in [0.29, 0.717) is 17.1 Å². The van der Waals surface area contributed by atoms with Crippen LogP contribution in [0.3, 0.4) is 0 Å². The van der Waals surface area contributed by atoms with Crippen LogP contribution >= 0.6 is 0 Å². The molecule has 0 bridgehead atoms. The zero-order chi connectivity index (χ0) is 20.6. The topological polar surface area (TPSA) is 104 Å². The van der Waals surface area contributed by atoms with Crippen molar-refractivity contribution in [1.29, 1.82) is 0 Å². The molecule has 4 rings (SSSR count). The minimum Gasteiger partial charge on any atom is -0.418 e. The zero-order valence-corrected chi connectivity index (χ0v) is 15.6. The van der Waals surface area contributed by atoms with E-state index in [1.54, 1.807) is 4.68 Å². The molecule has 29 heavy (non-hydrogen) atoms. The van der Waals surface area contributed by atoms with Crippen LogP contribution in [-0.2, 0) is 6.18 Å². The second kappa shape index (κ2) is 7.47. The summed E-state index contributed by atoms with van der Waals surface area (Å²) in [5.41, 5.74) is 5.63. The van der Waals surface area contributed by atoms with Gasteiger partial charge in [-0.3, -0.25) is 0 Å². The number of halogens is 3. The number of anilines is 1. The van der Waals surface area contributed by atoms with Crippen molar-refractivity contribution >= 4 is 16.9 Å². The Morgan fingerprint density at radius 1 is 1.17 bits per heavy atom. The molecule has 0 spiro atoms. The number of fused-ring (bicyclic) bond motifs is 1. The van der Waals surface area contributed by atoms with Crippen LogP contribution in [0.1, 0.15) is 37.3 Å². The van der Waals surface area contributed by atoms with Crippen molar-refractivity contribution in [3.05, 3.63) is 30.2 Å². The number of pyridine rings is 1. The number of rotatable bonds is 4. The second-order valence-electron chi connectivity index (χ2n) is 6.98. The molecule has 1 aliphatic rings. The molecule has 3 aromatic rings. The normalized spacial score (nSPS) is 20.1. The van der Waals surface area contributed by atoms with Gasteiger partial charge in [0.25, 0.3) is 5.88 Å². The molecule has 0 amide bonds. The fourth-order valence-electron chi connectivity index (χ4n) is 3.64. The Balaban J connectivity index is 1.70. The quantitative estimate of drug-likeness (QED) is 0.684. The predicted octanol–water partition coefficient (Wildman–Crippen LogP) is 3.32. The molecule has 3 N–H and O–H groups in total. The van der Waals surface area contributed by atoms with Gasteiger partial charge in [0.15, 0.2) is 5.65 Å². The number of hydrogen-bond acceptors (Lipinski definition) is 7. The molecule has 1 aliphatic carbocycles. The van der Waals surface area contributed by atoms with Crippen LogP contribution in [0.2, 0.25) is 0 Å². The summed E-state index contributed by atoms with van der Waals surface area (Å²) in [5.74, 6) is -0.0404. The summed E-state index contributed by atoms with van der Waals surface area (Å²) in [6.07, 6.45) is 1.60. The smallest absolute Gasteiger partial charge is 0.416 e. The summed E-state index contributed by atoms with van der Waals surface area (Å²) in [6, 6.07) is 2.24. The SMILES string of the molecule is CNC1CCC(n2nc(Oc3cc(C(F)(F)F)ccn3)c3c(N)ncnc32)CC1. The Hall–Kier alpha value is -2.95. The van der Waals surface area contributed by atoms with Gasteiger partial charge in [0.1, 0.15) is 17.5 Å². The van der Waals surface area contributed by atoms with E-state index in [4.69, 9.17) is 10.5 Å². The molecule has 0 saturated heterocycles. The maximum absolute atomic E-state index is 13.0. The van der Waals surface area contributed by atoms with Gasteiger partial charge in [0.05, 0.1) is 11.6 Å². The molecule has 1 fully saturated rings. The van der Waals surface area contributed by atoms with Gasteiger partial charge in [-0.2, -0.15) is 13.2 Å². The van der Waals surface area contributed by atoms with Crippen LogP contribution in [0.5, 0.6) is 11.8 Å². The summed E-state index contributed by atoms with van der Waals surface area (Å²) >= 11 is 0. The lowest BCUT2D eigenvalue weighted by atomic mass is 9.91. The molecule has 3 aromatic heterocycles.